The third kappa shape index (κ3) is 2.06. The van der Waals surface area contributed by atoms with Crippen LogP contribution in [-0.4, -0.2) is 23.8 Å². The molecule has 1 atom stereocenters. The zero-order chi connectivity index (χ0) is 12.4. The van der Waals surface area contributed by atoms with Gasteiger partial charge in [0.15, 0.2) is 0 Å². The van der Waals surface area contributed by atoms with Gasteiger partial charge in [-0.25, -0.2) is 0 Å². The number of hydrogen-bond acceptors (Lipinski definition) is 5. The van der Waals surface area contributed by atoms with E-state index in [0.29, 0.717) is 0 Å². The molecule has 0 bridgehead atoms. The van der Waals surface area contributed by atoms with E-state index in [1.807, 2.05) is 0 Å². The lowest BCUT2D eigenvalue weighted by Gasteiger charge is -2.23. The van der Waals surface area contributed by atoms with Gasteiger partial charge < -0.3 is 14.6 Å². The van der Waals surface area contributed by atoms with Gasteiger partial charge in [0.05, 0.1) is 6.04 Å². The van der Waals surface area contributed by atoms with Crippen molar-refractivity contribution in [1.29, 1.82) is 0 Å². The molecular formula is C13H21N3O2. The van der Waals surface area contributed by atoms with Crippen molar-refractivity contribution in [2.45, 2.75) is 56.6 Å². The summed E-state index contributed by atoms with van der Waals surface area (Å²) in [5.41, 5.74) is -0.295. The lowest BCUT2D eigenvalue weighted by Crippen LogP contribution is -2.28. The second kappa shape index (κ2) is 4.97. The van der Waals surface area contributed by atoms with Gasteiger partial charge in [0.2, 0.25) is 11.7 Å². The molecule has 0 amide bonds. The van der Waals surface area contributed by atoms with Crippen molar-refractivity contribution >= 4 is 0 Å². The lowest BCUT2D eigenvalue weighted by molar-refractivity contribution is -0.0178. The Morgan fingerprint density at radius 3 is 2.78 bits per heavy atom. The summed E-state index contributed by atoms with van der Waals surface area (Å²) in [5, 5.41) is 7.60. The molecule has 1 saturated heterocycles. The monoisotopic (exact) mass is 251 g/mol. The van der Waals surface area contributed by atoms with Gasteiger partial charge in [-0.2, -0.15) is 4.98 Å². The molecule has 1 aromatic heterocycles. The summed E-state index contributed by atoms with van der Waals surface area (Å²) in [7, 11) is 1.75. The van der Waals surface area contributed by atoms with Crippen LogP contribution < -0.4 is 5.32 Å². The Hall–Kier alpha value is -0.940. The van der Waals surface area contributed by atoms with Crippen molar-refractivity contribution in [2.75, 3.05) is 13.7 Å². The molecule has 1 aromatic rings. The highest BCUT2D eigenvalue weighted by Crippen LogP contribution is 2.40. The molecule has 0 aromatic carbocycles. The Bertz CT molecular complexity index is 393. The van der Waals surface area contributed by atoms with Crippen molar-refractivity contribution in [1.82, 2.24) is 15.5 Å². The minimum atomic E-state index is -0.295. The van der Waals surface area contributed by atoms with Crippen LogP contribution >= 0.6 is 0 Å². The van der Waals surface area contributed by atoms with E-state index in [2.05, 4.69) is 15.5 Å². The number of ether oxygens (including phenoxy) is 1. The van der Waals surface area contributed by atoms with Crippen molar-refractivity contribution in [3.63, 3.8) is 0 Å². The Kier molecular flexibility index (Phi) is 3.35. The number of piperidine rings is 1. The van der Waals surface area contributed by atoms with E-state index in [1.54, 1.807) is 7.11 Å². The van der Waals surface area contributed by atoms with Crippen LogP contribution in [0.3, 0.4) is 0 Å². The summed E-state index contributed by atoms with van der Waals surface area (Å²) in [6.45, 7) is 1.04. The average molecular weight is 251 g/mol. The van der Waals surface area contributed by atoms with Crippen LogP contribution in [0.25, 0.3) is 0 Å². The molecule has 0 spiro atoms. The third-order valence-electron chi connectivity index (χ3n) is 4.26. The number of nitrogens with zero attached hydrogens (tertiary/aromatic N) is 2. The SMILES string of the molecule is COC1(c2noc(C3CCCCN3)n2)CCCC1. The number of nitrogens with one attached hydrogen (secondary N) is 1. The largest absolute Gasteiger partial charge is 0.370 e. The van der Waals surface area contributed by atoms with Gasteiger partial charge in [-0.15, -0.1) is 0 Å². The van der Waals surface area contributed by atoms with Crippen LogP contribution in [0.4, 0.5) is 0 Å². The van der Waals surface area contributed by atoms with Crippen LogP contribution in [0.2, 0.25) is 0 Å². The van der Waals surface area contributed by atoms with Gasteiger partial charge in [0.1, 0.15) is 5.60 Å². The maximum Gasteiger partial charge on any atom is 0.243 e. The van der Waals surface area contributed by atoms with E-state index in [1.165, 1.54) is 25.7 Å². The van der Waals surface area contributed by atoms with E-state index in [9.17, 15) is 0 Å². The van der Waals surface area contributed by atoms with Gasteiger partial charge in [-0.3, -0.25) is 0 Å². The molecule has 2 aliphatic rings. The molecule has 0 radical (unpaired) electrons. The molecule has 3 rings (SSSR count). The summed E-state index contributed by atoms with van der Waals surface area (Å²) in [6.07, 6.45) is 7.91. The predicted octanol–water partition coefficient (Wildman–Crippen LogP) is 2.30. The fourth-order valence-electron chi connectivity index (χ4n) is 3.09. The van der Waals surface area contributed by atoms with Crippen LogP contribution in [0, 0.1) is 0 Å². The van der Waals surface area contributed by atoms with Crippen LogP contribution in [-0.2, 0) is 10.3 Å². The van der Waals surface area contributed by atoms with Gasteiger partial charge in [-0.1, -0.05) is 11.6 Å². The fourth-order valence-corrected chi connectivity index (χ4v) is 3.09. The first kappa shape index (κ1) is 12.1. The van der Waals surface area contributed by atoms with Gasteiger partial charge in [-0.05, 0) is 45.1 Å². The van der Waals surface area contributed by atoms with Crippen molar-refractivity contribution in [3.8, 4) is 0 Å². The molecule has 18 heavy (non-hydrogen) atoms. The first-order valence-corrected chi connectivity index (χ1v) is 6.97. The van der Waals surface area contributed by atoms with E-state index in [0.717, 1.165) is 37.5 Å². The van der Waals surface area contributed by atoms with Crippen LogP contribution in [0.5, 0.6) is 0 Å². The predicted molar refractivity (Wildman–Crippen MR) is 66.0 cm³/mol. The summed E-state index contributed by atoms with van der Waals surface area (Å²) in [5.74, 6) is 1.47. The number of rotatable bonds is 3. The van der Waals surface area contributed by atoms with E-state index in [-0.39, 0.29) is 11.6 Å². The Balaban J connectivity index is 1.79. The summed E-state index contributed by atoms with van der Waals surface area (Å²) in [4.78, 5) is 4.59. The van der Waals surface area contributed by atoms with Crippen molar-refractivity contribution in [3.05, 3.63) is 11.7 Å². The van der Waals surface area contributed by atoms with Gasteiger partial charge >= 0.3 is 0 Å². The molecule has 1 N–H and O–H groups in total. The summed E-state index contributed by atoms with van der Waals surface area (Å²) < 4.78 is 11.1. The normalized spacial score (nSPS) is 27.5. The van der Waals surface area contributed by atoms with Crippen LogP contribution in [0.1, 0.15) is 62.7 Å². The lowest BCUT2D eigenvalue weighted by atomic mass is 10.0. The highest BCUT2D eigenvalue weighted by atomic mass is 16.5. The zero-order valence-corrected chi connectivity index (χ0v) is 10.9. The summed E-state index contributed by atoms with van der Waals surface area (Å²) >= 11 is 0. The quantitative estimate of drug-likeness (QED) is 0.893. The molecule has 1 saturated carbocycles. The molecule has 1 aliphatic carbocycles. The highest BCUT2D eigenvalue weighted by Gasteiger charge is 2.40. The Morgan fingerprint density at radius 1 is 1.28 bits per heavy atom. The minimum Gasteiger partial charge on any atom is -0.370 e. The topological polar surface area (TPSA) is 60.2 Å². The van der Waals surface area contributed by atoms with Crippen LogP contribution in [0.15, 0.2) is 4.52 Å². The Labute approximate surface area is 107 Å². The van der Waals surface area contributed by atoms with Crippen molar-refractivity contribution in [2.24, 2.45) is 0 Å². The standard InChI is InChI=1S/C13H21N3O2/c1-17-13(7-3-4-8-13)12-15-11(18-16-12)10-6-2-5-9-14-10/h10,14H,2-9H2,1H3. The van der Waals surface area contributed by atoms with E-state index >= 15 is 0 Å². The fraction of sp³-hybridized carbons (Fsp3) is 0.846. The van der Waals surface area contributed by atoms with Gasteiger partial charge in [0.25, 0.3) is 0 Å². The maximum atomic E-state index is 5.68. The second-order valence-corrected chi connectivity index (χ2v) is 5.36. The average Bonchev–Trinajstić information content (AvgIpc) is 3.09. The molecule has 2 fully saturated rings. The maximum absolute atomic E-state index is 5.68. The number of aromatic nitrogens is 2. The first-order chi connectivity index (χ1) is 8.84. The van der Waals surface area contributed by atoms with E-state index in [4.69, 9.17) is 9.26 Å². The first-order valence-electron chi connectivity index (χ1n) is 6.97. The smallest absolute Gasteiger partial charge is 0.243 e. The Morgan fingerprint density at radius 2 is 2.11 bits per heavy atom. The minimum absolute atomic E-state index is 0.232. The molecule has 100 valence electrons. The molecule has 1 unspecified atom stereocenters. The third-order valence-corrected chi connectivity index (χ3v) is 4.26. The molecule has 2 heterocycles. The molecule has 5 nitrogen and oxygen atoms in total. The summed E-state index contributed by atoms with van der Waals surface area (Å²) in [6, 6.07) is 0.232. The molecule has 1 aliphatic heterocycles. The number of methoxy groups -OCH3 is 1. The van der Waals surface area contributed by atoms with Crippen molar-refractivity contribution < 1.29 is 9.26 Å². The second-order valence-electron chi connectivity index (χ2n) is 5.36. The number of hydrogen-bond donors (Lipinski definition) is 1. The van der Waals surface area contributed by atoms with E-state index < -0.39 is 0 Å². The van der Waals surface area contributed by atoms with Gasteiger partial charge in [0, 0.05) is 7.11 Å². The zero-order valence-electron chi connectivity index (χ0n) is 10.9. The molecule has 5 heteroatoms. The molecular weight excluding hydrogens is 230 g/mol. The highest BCUT2D eigenvalue weighted by molar-refractivity contribution is 5.06.